The molecule has 1 unspecified atom stereocenters. The van der Waals surface area contributed by atoms with Gasteiger partial charge >= 0.3 is 0 Å². The molecule has 1 atom stereocenters. The first-order chi connectivity index (χ1) is 15.5. The minimum atomic E-state index is -1.02. The Morgan fingerprint density at radius 2 is 2.09 bits per heavy atom. The van der Waals surface area contributed by atoms with Gasteiger partial charge in [-0.3, -0.25) is 4.79 Å². The van der Waals surface area contributed by atoms with Crippen LogP contribution in [0.15, 0.2) is 18.2 Å². The van der Waals surface area contributed by atoms with E-state index in [9.17, 15) is 13.6 Å². The van der Waals surface area contributed by atoms with Crippen LogP contribution in [0.2, 0.25) is 0 Å². The van der Waals surface area contributed by atoms with Crippen molar-refractivity contribution in [3.63, 3.8) is 0 Å². The van der Waals surface area contributed by atoms with E-state index in [0.29, 0.717) is 52.3 Å². The van der Waals surface area contributed by atoms with Crippen molar-refractivity contribution in [3.05, 3.63) is 46.8 Å². The summed E-state index contributed by atoms with van der Waals surface area (Å²) in [6.07, 6.45) is 3.54. The molecule has 0 bridgehead atoms. The molecule has 0 saturated carbocycles. The van der Waals surface area contributed by atoms with Crippen molar-refractivity contribution in [2.45, 2.75) is 57.1 Å². The van der Waals surface area contributed by atoms with Gasteiger partial charge in [-0.25, -0.2) is 13.5 Å². The Morgan fingerprint density at radius 3 is 2.84 bits per heavy atom. The second-order valence-electron chi connectivity index (χ2n) is 8.68. The van der Waals surface area contributed by atoms with Crippen molar-refractivity contribution in [3.8, 4) is 0 Å². The third-order valence-electron chi connectivity index (χ3n) is 6.57. The number of halogens is 2. The SMILES string of the molecule is O=C(c1ccc(F)c(F)c1)N1CCC2(CC1)Cn1nnc(COCC3CCCO3)c1CO2. The monoisotopic (exact) mass is 448 g/mol. The Hall–Kier alpha value is -2.43. The fraction of sp³-hybridized carbons (Fsp3) is 0.591. The zero-order valence-electron chi connectivity index (χ0n) is 17.8. The third kappa shape index (κ3) is 4.26. The molecule has 4 heterocycles. The van der Waals surface area contributed by atoms with Crippen LogP contribution in [0.4, 0.5) is 8.78 Å². The molecule has 172 valence electrons. The number of likely N-dealkylation sites (tertiary alicyclic amines) is 1. The number of rotatable bonds is 5. The van der Waals surface area contributed by atoms with Gasteiger partial charge in [-0.05, 0) is 43.9 Å². The van der Waals surface area contributed by atoms with Crippen molar-refractivity contribution in [2.24, 2.45) is 0 Å². The van der Waals surface area contributed by atoms with Gasteiger partial charge < -0.3 is 19.1 Å². The number of carbonyl (C=O) groups is 1. The fourth-order valence-electron chi connectivity index (χ4n) is 4.60. The predicted octanol–water partition coefficient (Wildman–Crippen LogP) is 2.46. The lowest BCUT2D eigenvalue weighted by molar-refractivity contribution is -0.120. The molecule has 1 aromatic heterocycles. The van der Waals surface area contributed by atoms with E-state index in [1.165, 1.54) is 6.07 Å². The quantitative estimate of drug-likeness (QED) is 0.699. The zero-order chi connectivity index (χ0) is 22.1. The van der Waals surface area contributed by atoms with Crippen LogP contribution in [0.5, 0.6) is 0 Å². The number of amides is 1. The summed E-state index contributed by atoms with van der Waals surface area (Å²) in [4.78, 5) is 14.3. The Morgan fingerprint density at radius 1 is 1.25 bits per heavy atom. The first-order valence-electron chi connectivity index (χ1n) is 11.0. The van der Waals surface area contributed by atoms with Gasteiger partial charge in [0.2, 0.25) is 0 Å². The summed E-state index contributed by atoms with van der Waals surface area (Å²) in [7, 11) is 0. The molecule has 32 heavy (non-hydrogen) atoms. The smallest absolute Gasteiger partial charge is 0.253 e. The molecule has 3 aliphatic heterocycles. The third-order valence-corrected chi connectivity index (χ3v) is 6.57. The molecule has 5 rings (SSSR count). The summed E-state index contributed by atoms with van der Waals surface area (Å²) in [5, 5.41) is 8.57. The van der Waals surface area contributed by atoms with Crippen LogP contribution < -0.4 is 0 Å². The molecule has 2 fully saturated rings. The van der Waals surface area contributed by atoms with Gasteiger partial charge in [0.1, 0.15) is 5.69 Å². The van der Waals surface area contributed by atoms with Crippen LogP contribution in [0.3, 0.4) is 0 Å². The highest BCUT2D eigenvalue weighted by Crippen LogP contribution is 2.34. The Labute approximate surface area is 184 Å². The minimum Gasteiger partial charge on any atom is -0.376 e. The minimum absolute atomic E-state index is 0.149. The Kier molecular flexibility index (Phi) is 5.92. The first-order valence-corrected chi connectivity index (χ1v) is 11.0. The van der Waals surface area contributed by atoms with Gasteiger partial charge in [0.25, 0.3) is 5.91 Å². The normalized spacial score (nSPS) is 22.3. The second kappa shape index (κ2) is 8.84. The lowest BCUT2D eigenvalue weighted by atomic mass is 9.89. The summed E-state index contributed by atoms with van der Waals surface area (Å²) in [6, 6.07) is 3.24. The molecule has 10 heteroatoms. The van der Waals surface area contributed by atoms with Crippen molar-refractivity contribution >= 4 is 5.91 Å². The van der Waals surface area contributed by atoms with Crippen LogP contribution in [-0.4, -0.2) is 63.8 Å². The van der Waals surface area contributed by atoms with Crippen LogP contribution >= 0.6 is 0 Å². The Bertz CT molecular complexity index is 984. The molecule has 1 amide bonds. The van der Waals surface area contributed by atoms with E-state index in [2.05, 4.69) is 10.3 Å². The van der Waals surface area contributed by atoms with Crippen molar-refractivity contribution in [1.29, 1.82) is 0 Å². The Balaban J connectivity index is 1.17. The highest BCUT2D eigenvalue weighted by Gasteiger charge is 2.41. The molecule has 1 spiro atoms. The molecule has 2 saturated heterocycles. The van der Waals surface area contributed by atoms with Crippen LogP contribution in [0.1, 0.15) is 47.4 Å². The molecule has 1 aromatic carbocycles. The fourth-order valence-corrected chi connectivity index (χ4v) is 4.60. The number of nitrogens with zero attached hydrogens (tertiary/aromatic N) is 4. The van der Waals surface area contributed by atoms with Crippen molar-refractivity contribution in [1.82, 2.24) is 19.9 Å². The van der Waals surface area contributed by atoms with E-state index in [1.807, 2.05) is 4.68 Å². The largest absolute Gasteiger partial charge is 0.376 e. The van der Waals surface area contributed by atoms with Crippen LogP contribution in [0.25, 0.3) is 0 Å². The highest BCUT2D eigenvalue weighted by molar-refractivity contribution is 5.94. The van der Waals surface area contributed by atoms with Crippen LogP contribution in [-0.2, 0) is 34.0 Å². The lowest BCUT2D eigenvalue weighted by Gasteiger charge is -2.43. The summed E-state index contributed by atoms with van der Waals surface area (Å²) < 4.78 is 46.1. The molecular formula is C22H26F2N4O4. The zero-order valence-corrected chi connectivity index (χ0v) is 17.8. The number of hydrogen-bond donors (Lipinski definition) is 0. The number of ether oxygens (including phenoxy) is 3. The summed E-state index contributed by atoms with van der Waals surface area (Å²) >= 11 is 0. The highest BCUT2D eigenvalue weighted by atomic mass is 19.2. The van der Waals surface area contributed by atoms with E-state index in [4.69, 9.17) is 14.2 Å². The first kappa shape index (κ1) is 21.4. The van der Waals surface area contributed by atoms with Gasteiger partial charge in [0.05, 0.1) is 43.8 Å². The van der Waals surface area contributed by atoms with E-state index < -0.39 is 17.2 Å². The number of fused-ring (bicyclic) bond motifs is 1. The number of aromatic nitrogens is 3. The van der Waals surface area contributed by atoms with Crippen LogP contribution in [0, 0.1) is 11.6 Å². The number of piperidine rings is 1. The van der Waals surface area contributed by atoms with Crippen molar-refractivity contribution in [2.75, 3.05) is 26.3 Å². The molecule has 8 nitrogen and oxygen atoms in total. The lowest BCUT2D eigenvalue weighted by Crippen LogP contribution is -2.52. The van der Waals surface area contributed by atoms with Gasteiger partial charge in [-0.2, -0.15) is 0 Å². The molecular weight excluding hydrogens is 422 g/mol. The topological polar surface area (TPSA) is 78.7 Å². The number of hydrogen-bond acceptors (Lipinski definition) is 6. The standard InChI is InChI=1S/C22H26F2N4O4/c23-17-4-3-15(10-18(17)24)21(29)27-7-5-22(6-8-27)14-28-20(13-32-22)19(25-26-28)12-30-11-16-2-1-9-31-16/h3-4,10,16H,1-2,5-9,11-14H2. The van der Waals surface area contributed by atoms with Gasteiger partial charge in [-0.15, -0.1) is 5.10 Å². The van der Waals surface area contributed by atoms with Crippen molar-refractivity contribution < 1.29 is 27.8 Å². The van der Waals surface area contributed by atoms with E-state index in [0.717, 1.165) is 43.0 Å². The molecule has 2 aromatic rings. The van der Waals surface area contributed by atoms with E-state index in [1.54, 1.807) is 4.90 Å². The summed E-state index contributed by atoms with van der Waals surface area (Å²) in [6.45, 7) is 3.63. The molecule has 0 N–H and O–H groups in total. The van der Waals surface area contributed by atoms with E-state index >= 15 is 0 Å². The average Bonchev–Trinajstić information content (AvgIpc) is 3.46. The average molecular weight is 448 g/mol. The summed E-state index contributed by atoms with van der Waals surface area (Å²) in [5.74, 6) is -2.29. The maximum atomic E-state index is 13.5. The number of carbonyl (C=O) groups excluding carboxylic acids is 1. The summed E-state index contributed by atoms with van der Waals surface area (Å²) in [5.41, 5.74) is 1.43. The van der Waals surface area contributed by atoms with Gasteiger partial charge in [-0.1, -0.05) is 5.21 Å². The number of benzene rings is 1. The molecule has 0 aliphatic carbocycles. The van der Waals surface area contributed by atoms with Gasteiger partial charge in [0, 0.05) is 25.3 Å². The van der Waals surface area contributed by atoms with Gasteiger partial charge in [0.15, 0.2) is 11.6 Å². The maximum absolute atomic E-state index is 13.5. The molecule has 3 aliphatic rings. The molecule has 0 radical (unpaired) electrons. The predicted molar refractivity (Wildman–Crippen MR) is 108 cm³/mol. The second-order valence-corrected chi connectivity index (χ2v) is 8.68. The maximum Gasteiger partial charge on any atom is 0.253 e. The van der Waals surface area contributed by atoms with E-state index in [-0.39, 0.29) is 17.6 Å².